The van der Waals surface area contributed by atoms with Gasteiger partial charge in [0.1, 0.15) is 0 Å². The van der Waals surface area contributed by atoms with Gasteiger partial charge in [-0.15, -0.1) is 0 Å². The molecule has 4 atom stereocenters. The zero-order valence-corrected chi connectivity index (χ0v) is 10.7. The summed E-state index contributed by atoms with van der Waals surface area (Å²) >= 11 is 0. The molecule has 2 amide bonds. The number of imide groups is 1. The van der Waals surface area contributed by atoms with Crippen LogP contribution in [0.4, 0.5) is 0 Å². The molecule has 98 valence electrons. The quantitative estimate of drug-likeness (QED) is 0.584. The Labute approximate surface area is 105 Å². The summed E-state index contributed by atoms with van der Waals surface area (Å²) in [6, 6.07) is -0.228. The number of amides is 2. The van der Waals surface area contributed by atoms with Crippen molar-refractivity contribution in [1.82, 2.24) is 4.90 Å². The first kappa shape index (κ1) is 12.8. The van der Waals surface area contributed by atoms with Crippen LogP contribution in [-0.2, 0) is 14.4 Å². The number of carbonyl (C=O) groups excluding carboxylic acids is 2. The summed E-state index contributed by atoms with van der Waals surface area (Å²) in [6.07, 6.45) is 3.42. The Balaban J connectivity index is 2.43. The lowest BCUT2D eigenvalue weighted by molar-refractivity contribution is -0.151. The standard InChI is InChI=1S/C13H17NO4/c1-6(2)14-11(15)8-5-4-7(3)9(13(17)18)10(8)12(14)16/h4-10H,1-3H3,(H,17,18)/t7-,8+,9+,10-/m1/s1. The number of nitrogens with zero attached hydrogens (tertiary/aromatic N) is 1. The van der Waals surface area contributed by atoms with E-state index in [9.17, 15) is 19.5 Å². The van der Waals surface area contributed by atoms with E-state index in [1.165, 1.54) is 4.90 Å². The molecule has 2 rings (SSSR count). The van der Waals surface area contributed by atoms with Crippen molar-refractivity contribution in [2.45, 2.75) is 26.8 Å². The first-order valence-corrected chi connectivity index (χ1v) is 6.14. The van der Waals surface area contributed by atoms with Crippen LogP contribution in [0, 0.1) is 23.7 Å². The van der Waals surface area contributed by atoms with Crippen LogP contribution in [0.5, 0.6) is 0 Å². The summed E-state index contributed by atoms with van der Waals surface area (Å²) in [7, 11) is 0. The second-order valence-corrected chi connectivity index (χ2v) is 5.30. The molecule has 0 spiro atoms. The number of carboxylic acid groups (broad SMARTS) is 1. The Morgan fingerprint density at radius 2 is 1.89 bits per heavy atom. The average molecular weight is 251 g/mol. The fraction of sp³-hybridized carbons (Fsp3) is 0.615. The lowest BCUT2D eigenvalue weighted by Gasteiger charge is -2.28. The lowest BCUT2D eigenvalue weighted by Crippen LogP contribution is -2.40. The number of hydrogen-bond acceptors (Lipinski definition) is 3. The van der Waals surface area contributed by atoms with Crippen molar-refractivity contribution >= 4 is 17.8 Å². The van der Waals surface area contributed by atoms with Crippen molar-refractivity contribution in [1.29, 1.82) is 0 Å². The van der Waals surface area contributed by atoms with Crippen LogP contribution in [0.1, 0.15) is 20.8 Å². The van der Waals surface area contributed by atoms with Crippen LogP contribution in [0.25, 0.3) is 0 Å². The third-order valence-electron chi connectivity index (χ3n) is 3.81. The van der Waals surface area contributed by atoms with Gasteiger partial charge in [-0.3, -0.25) is 19.3 Å². The van der Waals surface area contributed by atoms with E-state index in [1.54, 1.807) is 32.9 Å². The number of likely N-dealkylation sites (tertiary alicyclic amines) is 1. The van der Waals surface area contributed by atoms with Gasteiger partial charge in [-0.05, 0) is 19.8 Å². The largest absolute Gasteiger partial charge is 0.481 e. The maximum Gasteiger partial charge on any atom is 0.307 e. The number of allylic oxidation sites excluding steroid dienone is 1. The summed E-state index contributed by atoms with van der Waals surface area (Å²) in [5.74, 6) is -3.99. The Hall–Kier alpha value is -1.65. The molecule has 2 aliphatic rings. The van der Waals surface area contributed by atoms with Gasteiger partial charge in [-0.1, -0.05) is 19.1 Å². The molecule has 0 radical (unpaired) electrons. The van der Waals surface area contributed by atoms with Gasteiger partial charge >= 0.3 is 5.97 Å². The first-order chi connectivity index (χ1) is 8.36. The molecule has 1 aliphatic heterocycles. The van der Waals surface area contributed by atoms with Crippen LogP contribution < -0.4 is 0 Å². The fourth-order valence-electron chi connectivity index (χ4n) is 2.95. The van der Waals surface area contributed by atoms with Gasteiger partial charge in [0.15, 0.2) is 0 Å². The van der Waals surface area contributed by atoms with Crippen molar-refractivity contribution < 1.29 is 19.5 Å². The van der Waals surface area contributed by atoms with Crippen LogP contribution >= 0.6 is 0 Å². The predicted octanol–water partition coefficient (Wildman–Crippen LogP) is 0.903. The summed E-state index contributed by atoms with van der Waals surface area (Å²) in [4.78, 5) is 36.9. The molecule has 1 fully saturated rings. The Morgan fingerprint density at radius 1 is 1.28 bits per heavy atom. The zero-order valence-electron chi connectivity index (χ0n) is 10.7. The number of hydrogen-bond donors (Lipinski definition) is 1. The summed E-state index contributed by atoms with van der Waals surface area (Å²) < 4.78 is 0. The van der Waals surface area contributed by atoms with E-state index < -0.39 is 23.7 Å². The van der Waals surface area contributed by atoms with Gasteiger partial charge in [0.05, 0.1) is 17.8 Å². The average Bonchev–Trinajstić information content (AvgIpc) is 2.50. The highest BCUT2D eigenvalue weighted by molar-refractivity contribution is 6.08. The molecule has 5 heteroatoms. The number of carboxylic acids is 1. The minimum atomic E-state index is -1.01. The van der Waals surface area contributed by atoms with E-state index in [-0.39, 0.29) is 23.8 Å². The number of aliphatic carboxylic acids is 1. The van der Waals surface area contributed by atoms with Crippen molar-refractivity contribution in [3.05, 3.63) is 12.2 Å². The monoisotopic (exact) mass is 251 g/mol. The molecule has 1 N–H and O–H groups in total. The Kier molecular flexibility index (Phi) is 3.00. The highest BCUT2D eigenvalue weighted by Gasteiger charge is 2.55. The highest BCUT2D eigenvalue weighted by atomic mass is 16.4. The smallest absolute Gasteiger partial charge is 0.307 e. The molecular weight excluding hydrogens is 234 g/mol. The van der Waals surface area contributed by atoms with Gasteiger partial charge in [0.25, 0.3) is 0 Å². The third-order valence-corrected chi connectivity index (χ3v) is 3.81. The van der Waals surface area contributed by atoms with E-state index in [0.29, 0.717) is 0 Å². The van der Waals surface area contributed by atoms with E-state index >= 15 is 0 Å². The van der Waals surface area contributed by atoms with Gasteiger partial charge in [0, 0.05) is 6.04 Å². The van der Waals surface area contributed by atoms with Crippen LogP contribution in [0.15, 0.2) is 12.2 Å². The SMILES string of the molecule is CC(C)N1C(=O)[C@H]2[C@@H](C(=O)O)[C@H](C)C=C[C@@H]2C1=O. The predicted molar refractivity (Wildman–Crippen MR) is 63.4 cm³/mol. The fourth-order valence-corrected chi connectivity index (χ4v) is 2.95. The van der Waals surface area contributed by atoms with Crippen molar-refractivity contribution in [2.24, 2.45) is 23.7 Å². The van der Waals surface area contributed by atoms with Crippen LogP contribution in [-0.4, -0.2) is 33.8 Å². The topological polar surface area (TPSA) is 74.7 Å². The van der Waals surface area contributed by atoms with Crippen molar-refractivity contribution in [3.8, 4) is 0 Å². The first-order valence-electron chi connectivity index (χ1n) is 6.14. The van der Waals surface area contributed by atoms with E-state index in [0.717, 1.165) is 0 Å². The van der Waals surface area contributed by atoms with Crippen LogP contribution in [0.3, 0.4) is 0 Å². The van der Waals surface area contributed by atoms with Gasteiger partial charge < -0.3 is 5.11 Å². The summed E-state index contributed by atoms with van der Waals surface area (Å²) in [6.45, 7) is 5.29. The van der Waals surface area contributed by atoms with Crippen molar-refractivity contribution in [3.63, 3.8) is 0 Å². The lowest BCUT2D eigenvalue weighted by atomic mass is 9.72. The van der Waals surface area contributed by atoms with E-state index in [1.807, 2.05) is 0 Å². The second kappa shape index (κ2) is 4.23. The molecule has 18 heavy (non-hydrogen) atoms. The molecule has 0 aromatic carbocycles. The molecule has 0 bridgehead atoms. The molecule has 1 heterocycles. The molecular formula is C13H17NO4. The van der Waals surface area contributed by atoms with Gasteiger partial charge in [-0.2, -0.15) is 0 Å². The molecule has 5 nitrogen and oxygen atoms in total. The molecule has 0 unspecified atom stereocenters. The summed E-state index contributed by atoms with van der Waals surface area (Å²) in [5, 5.41) is 9.27. The highest BCUT2D eigenvalue weighted by Crippen LogP contribution is 2.41. The molecule has 0 saturated carbocycles. The third kappa shape index (κ3) is 1.65. The zero-order chi connectivity index (χ0) is 13.6. The molecule has 0 aromatic heterocycles. The van der Waals surface area contributed by atoms with Crippen molar-refractivity contribution in [2.75, 3.05) is 0 Å². The Morgan fingerprint density at radius 3 is 2.39 bits per heavy atom. The second-order valence-electron chi connectivity index (χ2n) is 5.30. The molecule has 1 aliphatic carbocycles. The minimum Gasteiger partial charge on any atom is -0.481 e. The molecule has 0 aromatic rings. The maximum atomic E-state index is 12.3. The van der Waals surface area contributed by atoms with Crippen LogP contribution in [0.2, 0.25) is 0 Å². The minimum absolute atomic E-state index is 0.228. The van der Waals surface area contributed by atoms with Gasteiger partial charge in [-0.25, -0.2) is 0 Å². The van der Waals surface area contributed by atoms with Gasteiger partial charge in [0.2, 0.25) is 11.8 Å². The Bertz CT molecular complexity index is 440. The van der Waals surface area contributed by atoms with E-state index in [2.05, 4.69) is 0 Å². The summed E-state index contributed by atoms with van der Waals surface area (Å²) in [5.41, 5.74) is 0. The number of fused-ring (bicyclic) bond motifs is 1. The van der Waals surface area contributed by atoms with E-state index in [4.69, 9.17) is 0 Å². The normalized spacial score (nSPS) is 35.2. The maximum absolute atomic E-state index is 12.3. The number of carbonyl (C=O) groups is 3. The number of rotatable bonds is 2. The molecule has 1 saturated heterocycles.